The molecule has 0 aromatic heterocycles. The predicted octanol–water partition coefficient (Wildman–Crippen LogP) is 6.31. The number of para-hydroxylation sites is 2. The maximum Gasteiger partial charge on any atom is 0.238 e. The van der Waals surface area contributed by atoms with Crippen LogP contribution in [-0.4, -0.2) is 29.6 Å². The van der Waals surface area contributed by atoms with E-state index in [1.54, 1.807) is 24.3 Å². The standard InChI is InChI=1S/C33H23BrN2O3/c34-23-17-14-22(15-18-23)31(38)29-28(30(37)21-9-2-1-3-10-21)33(24-11-5-6-12-25(24)35-32(33)39)27-19-16-20-8-4-7-13-26(20)36(27)29/h1-19,27-29H,(H,35,39)/t27-,28-,29+,33+/m0/s1. The number of rotatable bonds is 4. The third-order valence-electron chi connectivity index (χ3n) is 8.28. The zero-order valence-corrected chi connectivity index (χ0v) is 22.3. The molecule has 0 bridgehead atoms. The molecule has 190 valence electrons. The maximum absolute atomic E-state index is 14.6. The van der Waals surface area contributed by atoms with Crippen molar-refractivity contribution in [3.8, 4) is 0 Å². The molecule has 1 N–H and O–H groups in total. The summed E-state index contributed by atoms with van der Waals surface area (Å²) in [5, 5.41) is 3.06. The number of anilines is 2. The van der Waals surface area contributed by atoms with Gasteiger partial charge in [0.2, 0.25) is 5.91 Å². The van der Waals surface area contributed by atoms with Gasteiger partial charge in [0.05, 0.1) is 12.0 Å². The van der Waals surface area contributed by atoms with Gasteiger partial charge in [-0.25, -0.2) is 0 Å². The summed E-state index contributed by atoms with van der Waals surface area (Å²) in [6.07, 6.45) is 3.99. The monoisotopic (exact) mass is 574 g/mol. The number of carbonyl (C=O) groups excluding carboxylic acids is 3. The van der Waals surface area contributed by atoms with E-state index in [0.717, 1.165) is 21.3 Å². The first-order valence-corrected chi connectivity index (χ1v) is 13.7. The number of amides is 1. The lowest BCUT2D eigenvalue weighted by atomic mass is 9.64. The number of fused-ring (bicyclic) bond motifs is 6. The molecule has 0 aliphatic carbocycles. The van der Waals surface area contributed by atoms with Gasteiger partial charge >= 0.3 is 0 Å². The summed E-state index contributed by atoms with van der Waals surface area (Å²) in [6, 6.07) is 30.1. The number of carbonyl (C=O) groups is 3. The number of halogens is 1. The number of hydrogen-bond donors (Lipinski definition) is 1. The van der Waals surface area contributed by atoms with Gasteiger partial charge in [-0.1, -0.05) is 107 Å². The largest absolute Gasteiger partial charge is 0.352 e. The molecule has 1 amide bonds. The normalized spacial score (nSPS) is 24.2. The van der Waals surface area contributed by atoms with Gasteiger partial charge in [0.1, 0.15) is 11.5 Å². The van der Waals surface area contributed by atoms with Crippen molar-refractivity contribution in [1.29, 1.82) is 0 Å². The highest BCUT2D eigenvalue weighted by Gasteiger charge is 2.70. The van der Waals surface area contributed by atoms with Crippen LogP contribution in [0.15, 0.2) is 114 Å². The highest BCUT2D eigenvalue weighted by Crippen LogP contribution is 2.58. The van der Waals surface area contributed by atoms with E-state index < -0.39 is 23.4 Å². The van der Waals surface area contributed by atoms with E-state index in [1.807, 2.05) is 95.9 Å². The van der Waals surface area contributed by atoms with E-state index in [1.165, 1.54) is 0 Å². The van der Waals surface area contributed by atoms with Crippen molar-refractivity contribution in [3.63, 3.8) is 0 Å². The summed E-state index contributed by atoms with van der Waals surface area (Å²) in [5.74, 6) is -1.65. The van der Waals surface area contributed by atoms with Gasteiger partial charge < -0.3 is 10.2 Å². The molecule has 0 unspecified atom stereocenters. The molecule has 4 aromatic carbocycles. The van der Waals surface area contributed by atoms with Gasteiger partial charge in [0.15, 0.2) is 11.6 Å². The molecule has 0 saturated carbocycles. The highest BCUT2D eigenvalue weighted by molar-refractivity contribution is 9.10. The van der Waals surface area contributed by atoms with Crippen LogP contribution in [0.4, 0.5) is 11.4 Å². The van der Waals surface area contributed by atoms with Gasteiger partial charge in [0, 0.05) is 27.0 Å². The summed E-state index contributed by atoms with van der Waals surface area (Å²) >= 11 is 3.46. The van der Waals surface area contributed by atoms with Crippen molar-refractivity contribution in [2.24, 2.45) is 5.92 Å². The minimum Gasteiger partial charge on any atom is -0.352 e. The second kappa shape index (κ2) is 8.89. The predicted molar refractivity (Wildman–Crippen MR) is 155 cm³/mol. The lowest BCUT2D eigenvalue weighted by Crippen LogP contribution is -2.51. The van der Waals surface area contributed by atoms with Crippen LogP contribution >= 0.6 is 15.9 Å². The third kappa shape index (κ3) is 3.34. The van der Waals surface area contributed by atoms with Gasteiger partial charge in [-0.3, -0.25) is 14.4 Å². The van der Waals surface area contributed by atoms with Crippen LogP contribution in [0, 0.1) is 5.92 Å². The third-order valence-corrected chi connectivity index (χ3v) is 8.81. The molecular weight excluding hydrogens is 552 g/mol. The van der Waals surface area contributed by atoms with Crippen molar-refractivity contribution in [2.75, 3.05) is 10.2 Å². The summed E-state index contributed by atoms with van der Waals surface area (Å²) < 4.78 is 0.854. The van der Waals surface area contributed by atoms with Crippen molar-refractivity contribution in [1.82, 2.24) is 0 Å². The first-order chi connectivity index (χ1) is 19.0. The van der Waals surface area contributed by atoms with Crippen LogP contribution in [0.1, 0.15) is 31.8 Å². The van der Waals surface area contributed by atoms with Crippen molar-refractivity contribution in [3.05, 3.63) is 136 Å². The molecule has 3 heterocycles. The lowest BCUT2D eigenvalue weighted by Gasteiger charge is -2.37. The first kappa shape index (κ1) is 23.8. The number of Topliss-reactive ketones (excluding diaryl/α,β-unsaturated/α-hetero) is 2. The number of nitrogens with one attached hydrogen (secondary N) is 1. The molecule has 1 saturated heterocycles. The quantitative estimate of drug-likeness (QED) is 0.290. The smallest absolute Gasteiger partial charge is 0.238 e. The van der Waals surface area contributed by atoms with Crippen LogP contribution in [0.2, 0.25) is 0 Å². The highest BCUT2D eigenvalue weighted by atomic mass is 79.9. The Kier molecular flexibility index (Phi) is 5.42. The van der Waals surface area contributed by atoms with Crippen LogP contribution in [-0.2, 0) is 10.2 Å². The zero-order valence-electron chi connectivity index (χ0n) is 20.8. The Morgan fingerprint density at radius 2 is 1.44 bits per heavy atom. The first-order valence-electron chi connectivity index (χ1n) is 12.9. The Hall–Kier alpha value is -4.29. The van der Waals surface area contributed by atoms with E-state index in [9.17, 15) is 14.4 Å². The average Bonchev–Trinajstić information content (AvgIpc) is 3.45. The summed E-state index contributed by atoms with van der Waals surface area (Å²) in [4.78, 5) is 45.5. The molecule has 0 radical (unpaired) electrons. The van der Waals surface area contributed by atoms with Crippen LogP contribution < -0.4 is 10.2 Å². The van der Waals surface area contributed by atoms with Crippen LogP contribution in [0.3, 0.4) is 0 Å². The Morgan fingerprint density at radius 1 is 0.769 bits per heavy atom. The Morgan fingerprint density at radius 3 is 2.23 bits per heavy atom. The number of ketones is 2. The van der Waals surface area contributed by atoms with Gasteiger partial charge in [-0.05, 0) is 35.4 Å². The van der Waals surface area contributed by atoms with Gasteiger partial charge in [-0.15, -0.1) is 0 Å². The summed E-state index contributed by atoms with van der Waals surface area (Å²) in [6.45, 7) is 0. The maximum atomic E-state index is 14.6. The second-order valence-electron chi connectivity index (χ2n) is 10.2. The molecule has 1 spiro atoms. The molecule has 5 nitrogen and oxygen atoms in total. The Bertz CT molecular complexity index is 1680. The van der Waals surface area contributed by atoms with E-state index in [0.29, 0.717) is 16.8 Å². The van der Waals surface area contributed by atoms with Crippen LogP contribution in [0.25, 0.3) is 6.08 Å². The number of benzene rings is 4. The molecule has 4 aromatic rings. The van der Waals surface area contributed by atoms with E-state index in [4.69, 9.17) is 0 Å². The van der Waals surface area contributed by atoms with Crippen molar-refractivity contribution >= 4 is 50.9 Å². The van der Waals surface area contributed by atoms with Gasteiger partial charge in [-0.2, -0.15) is 0 Å². The fourth-order valence-corrected chi connectivity index (χ4v) is 6.95. The average molecular weight is 575 g/mol. The van der Waals surface area contributed by atoms with Crippen LogP contribution in [0.5, 0.6) is 0 Å². The number of hydrogen-bond acceptors (Lipinski definition) is 4. The topological polar surface area (TPSA) is 66.5 Å². The molecule has 6 heteroatoms. The molecule has 7 rings (SSSR count). The van der Waals surface area contributed by atoms with E-state index >= 15 is 0 Å². The second-order valence-corrected chi connectivity index (χ2v) is 11.1. The summed E-state index contributed by atoms with van der Waals surface area (Å²) in [5.41, 5.74) is 2.86. The minimum absolute atomic E-state index is 0.194. The zero-order chi connectivity index (χ0) is 26.7. The molecular formula is C33H23BrN2O3. The minimum atomic E-state index is -1.30. The molecule has 3 aliphatic heterocycles. The van der Waals surface area contributed by atoms with Gasteiger partial charge in [0.25, 0.3) is 0 Å². The van der Waals surface area contributed by atoms with E-state index in [-0.39, 0.29) is 17.5 Å². The molecule has 4 atom stereocenters. The fourth-order valence-electron chi connectivity index (χ4n) is 6.69. The number of nitrogens with zero attached hydrogens (tertiary/aromatic N) is 1. The SMILES string of the molecule is O=C(c1ccccc1)[C@@H]1[C@H](C(=O)c2ccc(Br)cc2)N2c3ccccc3C=C[C@H]2[C@@]12C(=O)Nc1ccccc12. The Balaban J connectivity index is 1.54. The van der Waals surface area contributed by atoms with Crippen molar-refractivity contribution < 1.29 is 14.4 Å². The fraction of sp³-hybridized carbons (Fsp3) is 0.121. The van der Waals surface area contributed by atoms with Crippen molar-refractivity contribution in [2.45, 2.75) is 17.5 Å². The van der Waals surface area contributed by atoms with E-state index in [2.05, 4.69) is 21.2 Å². The molecule has 39 heavy (non-hydrogen) atoms. The molecule has 3 aliphatic rings. The lowest BCUT2D eigenvalue weighted by molar-refractivity contribution is -0.121. The summed E-state index contributed by atoms with van der Waals surface area (Å²) in [7, 11) is 0. The Labute approximate surface area is 234 Å². The molecule has 1 fully saturated rings.